The lowest BCUT2D eigenvalue weighted by Crippen LogP contribution is -2.04. The molecule has 0 amide bonds. The van der Waals surface area contributed by atoms with Crippen LogP contribution in [-0.2, 0) is 0 Å². The van der Waals surface area contributed by atoms with E-state index in [-0.39, 0.29) is 8.41 Å². The highest BCUT2D eigenvalue weighted by Gasteiger charge is 2.00. The largest absolute Gasteiger partial charge is 0.0618 e. The summed E-state index contributed by atoms with van der Waals surface area (Å²) in [5, 5.41) is 1.58. The van der Waals surface area contributed by atoms with Gasteiger partial charge in [-0.2, -0.15) is 0 Å². The van der Waals surface area contributed by atoms with E-state index in [4.69, 9.17) is 0 Å². The van der Waals surface area contributed by atoms with Gasteiger partial charge in [0.1, 0.15) is 0 Å². The Labute approximate surface area is 58.1 Å². The van der Waals surface area contributed by atoms with E-state index >= 15 is 0 Å². The molecule has 0 spiro atoms. The average Bonchev–Trinajstić information content (AvgIpc) is 2.13. The van der Waals surface area contributed by atoms with Crippen LogP contribution >= 0.6 is 0 Å². The van der Waals surface area contributed by atoms with Gasteiger partial charge in [-0.15, -0.1) is 0 Å². The normalized spacial score (nSPS) is 16.3. The molecule has 0 bridgehead atoms. The Hall–Kier alpha value is -0.433. The molecule has 9 heavy (non-hydrogen) atoms. The topological polar surface area (TPSA) is 0 Å². The van der Waals surface area contributed by atoms with E-state index in [9.17, 15) is 0 Å². The molecule has 0 aromatic heterocycles. The van der Waals surface area contributed by atoms with E-state index in [1.54, 1.807) is 5.17 Å². The van der Waals surface area contributed by atoms with Crippen molar-refractivity contribution in [3.8, 4) is 0 Å². The summed E-state index contributed by atoms with van der Waals surface area (Å²) in [4.78, 5) is 0. The van der Waals surface area contributed by atoms with Crippen LogP contribution in [0.2, 0.25) is 13.1 Å². The maximum absolute atomic E-state index is 2.33. The van der Waals surface area contributed by atoms with Crippen LogP contribution in [0.5, 0.6) is 0 Å². The van der Waals surface area contributed by atoms with Crippen LogP contribution in [-0.4, -0.2) is 13.6 Å². The Kier molecular flexibility index (Phi) is 1.81. The highest BCUT2D eigenvalue weighted by atomic mass is 28.2. The quantitative estimate of drug-likeness (QED) is 0.447. The van der Waals surface area contributed by atoms with Crippen molar-refractivity contribution < 1.29 is 0 Å². The van der Waals surface area contributed by atoms with E-state index < -0.39 is 0 Å². The van der Waals surface area contributed by atoms with E-state index in [0.717, 1.165) is 0 Å². The van der Waals surface area contributed by atoms with E-state index in [2.05, 4.69) is 38.2 Å². The smallest absolute Gasteiger partial charge is 0.0131 e. The minimum absolute atomic E-state index is 0.199. The first-order valence-electron chi connectivity index (χ1n) is 3.24. The highest BCUT2D eigenvalue weighted by molar-refractivity contribution is 6.74. The van der Waals surface area contributed by atoms with Gasteiger partial charge in [0.15, 0.2) is 0 Å². The predicted octanol–water partition coefficient (Wildman–Crippen LogP) is 2.01. The second-order valence-electron chi connectivity index (χ2n) is 2.62. The van der Waals surface area contributed by atoms with Crippen molar-refractivity contribution in [2.75, 3.05) is 0 Å². The summed E-state index contributed by atoms with van der Waals surface area (Å²) in [5.41, 5.74) is 1.47. The molecule has 1 rings (SSSR count). The van der Waals surface area contributed by atoms with Crippen LogP contribution in [0, 0.1) is 0 Å². The molecule has 48 valence electrons. The molecule has 0 N–H and O–H groups in total. The first kappa shape index (κ1) is 6.68. The Morgan fingerprint density at radius 2 is 2.00 bits per heavy atom. The maximum atomic E-state index is 2.33. The van der Waals surface area contributed by atoms with Gasteiger partial charge in [0.25, 0.3) is 0 Å². The first-order chi connectivity index (χ1) is 4.22. The molecule has 0 radical (unpaired) electrons. The molecule has 0 nitrogen and oxygen atoms in total. The summed E-state index contributed by atoms with van der Waals surface area (Å²) in [6.07, 6.45) is 6.57. The molecule has 0 atom stereocenters. The fraction of sp³-hybridized carbons (Fsp3) is 0.375. The van der Waals surface area contributed by atoms with Gasteiger partial charge in [-0.25, -0.2) is 0 Å². The molecule has 1 aliphatic rings. The van der Waals surface area contributed by atoms with E-state index in [0.29, 0.717) is 0 Å². The molecule has 0 fully saturated rings. The minimum atomic E-state index is -0.199. The van der Waals surface area contributed by atoms with Gasteiger partial charge in [-0.05, 0) is 17.7 Å². The second-order valence-corrected chi connectivity index (χ2v) is 5.16. The van der Waals surface area contributed by atoms with Gasteiger partial charge < -0.3 is 0 Å². The van der Waals surface area contributed by atoms with Gasteiger partial charge in [-0.3, -0.25) is 0 Å². The number of allylic oxidation sites excluding steroid dienone is 4. The van der Waals surface area contributed by atoms with Gasteiger partial charge in [0.2, 0.25) is 0 Å². The van der Waals surface area contributed by atoms with Gasteiger partial charge >= 0.3 is 0 Å². The summed E-state index contributed by atoms with van der Waals surface area (Å²) in [6, 6.07) is 0. The van der Waals surface area contributed by atoms with Crippen molar-refractivity contribution in [1.29, 1.82) is 0 Å². The van der Waals surface area contributed by atoms with Crippen LogP contribution in [0.1, 0.15) is 6.92 Å². The zero-order valence-corrected chi connectivity index (χ0v) is 7.23. The molecule has 0 saturated heterocycles. The molecule has 0 aliphatic heterocycles. The van der Waals surface area contributed by atoms with Crippen LogP contribution in [0.4, 0.5) is 0 Å². The third-order valence-corrected chi connectivity index (χ3v) is 3.21. The molecule has 0 heterocycles. The Balaban J connectivity index is 3.00. The van der Waals surface area contributed by atoms with Gasteiger partial charge in [-0.1, -0.05) is 31.3 Å². The molecule has 1 heteroatoms. The Morgan fingerprint density at radius 3 is 2.22 bits per heavy atom. The van der Waals surface area contributed by atoms with Crippen molar-refractivity contribution >= 4 is 13.6 Å². The van der Waals surface area contributed by atoms with E-state index in [1.165, 1.54) is 5.57 Å². The fourth-order valence-electron chi connectivity index (χ4n) is 1.07. The third kappa shape index (κ3) is 1.27. The number of rotatable bonds is 0. The second kappa shape index (κ2) is 2.44. The third-order valence-electron chi connectivity index (χ3n) is 1.57. The lowest BCUT2D eigenvalue weighted by molar-refractivity contribution is 1.64. The van der Waals surface area contributed by atoms with Crippen molar-refractivity contribution in [1.82, 2.24) is 0 Å². The number of hydrogen-bond donors (Lipinski definition) is 0. The maximum Gasteiger partial charge on any atom is 0.0131 e. The van der Waals surface area contributed by atoms with Crippen molar-refractivity contribution in [2.24, 2.45) is 0 Å². The molecule has 0 aromatic rings. The van der Waals surface area contributed by atoms with Gasteiger partial charge in [0.05, 0.1) is 0 Å². The fourth-order valence-corrected chi connectivity index (χ4v) is 2.37. The summed E-state index contributed by atoms with van der Waals surface area (Å²) in [5.74, 6) is 0. The van der Waals surface area contributed by atoms with E-state index in [1.807, 2.05) is 0 Å². The highest BCUT2D eigenvalue weighted by Crippen LogP contribution is 2.05. The van der Waals surface area contributed by atoms with Crippen LogP contribution in [0.3, 0.4) is 0 Å². The predicted molar refractivity (Wildman–Crippen MR) is 45.4 cm³/mol. The monoisotopic (exact) mass is 136 g/mol. The summed E-state index contributed by atoms with van der Waals surface area (Å²) in [6.45, 7) is 6.84. The van der Waals surface area contributed by atoms with Crippen molar-refractivity contribution in [2.45, 2.75) is 20.0 Å². The van der Waals surface area contributed by atoms with Gasteiger partial charge in [0, 0.05) is 8.41 Å². The lowest BCUT2D eigenvalue weighted by Gasteiger charge is -1.97. The standard InChI is InChI=1S/C8H12Si/c1-7-5-4-6-8(7)9(2)3/h4-6H,1-3H3. The summed E-state index contributed by atoms with van der Waals surface area (Å²) in [7, 11) is -0.199. The minimum Gasteiger partial charge on any atom is -0.0618 e. The zero-order valence-electron chi connectivity index (χ0n) is 6.23. The summed E-state index contributed by atoms with van der Waals surface area (Å²) >= 11 is 0. The van der Waals surface area contributed by atoms with Crippen molar-refractivity contribution in [3.05, 3.63) is 23.8 Å². The van der Waals surface area contributed by atoms with Crippen LogP contribution in [0.25, 0.3) is 0 Å². The van der Waals surface area contributed by atoms with Crippen molar-refractivity contribution in [3.63, 3.8) is 0 Å². The van der Waals surface area contributed by atoms with Crippen LogP contribution < -0.4 is 0 Å². The van der Waals surface area contributed by atoms with Crippen LogP contribution in [0.15, 0.2) is 23.8 Å². The molecule has 0 aromatic carbocycles. The Morgan fingerprint density at radius 1 is 1.33 bits per heavy atom. The SMILES string of the molecule is CC1=CC=CC1=[Si](C)C. The number of hydrogen-bond acceptors (Lipinski definition) is 0. The molecule has 0 saturated carbocycles. The average molecular weight is 136 g/mol. The summed E-state index contributed by atoms with van der Waals surface area (Å²) < 4.78 is 0. The molecule has 1 aliphatic carbocycles. The first-order valence-corrected chi connectivity index (χ1v) is 5.74. The molecule has 0 unspecified atom stereocenters. The Bertz CT molecular complexity index is 203. The molecular weight excluding hydrogens is 124 g/mol. The zero-order chi connectivity index (χ0) is 6.85. The lowest BCUT2D eigenvalue weighted by atomic mass is 10.3. The molecular formula is C8H12Si.